The van der Waals surface area contributed by atoms with Crippen molar-refractivity contribution in [3.63, 3.8) is 0 Å². The molecule has 0 saturated heterocycles. The first-order valence-corrected chi connectivity index (χ1v) is 6.80. The molecule has 4 nitrogen and oxygen atoms in total. The summed E-state index contributed by atoms with van der Waals surface area (Å²) in [6.07, 6.45) is 5.18. The standard InChI is InChI=1S/C16H17N3O/c1-11-9-18-14(10-17-11)16(20)19(2)15-8-7-12-5-3-4-6-13(12)15/h3-6,9-10,15H,7-8H2,1-2H3. The van der Waals surface area contributed by atoms with Crippen LogP contribution in [0.5, 0.6) is 0 Å². The van der Waals surface area contributed by atoms with Gasteiger partial charge in [-0.15, -0.1) is 0 Å². The average molecular weight is 267 g/mol. The molecular weight excluding hydrogens is 250 g/mol. The molecule has 3 rings (SSSR count). The third kappa shape index (κ3) is 2.18. The fourth-order valence-electron chi connectivity index (χ4n) is 2.76. The molecule has 0 aliphatic heterocycles. The van der Waals surface area contributed by atoms with Crippen LogP contribution in [0.1, 0.15) is 39.8 Å². The van der Waals surface area contributed by atoms with Gasteiger partial charge in [-0.3, -0.25) is 9.78 Å². The first-order valence-electron chi connectivity index (χ1n) is 6.80. The van der Waals surface area contributed by atoms with Crippen LogP contribution in [-0.2, 0) is 6.42 Å². The van der Waals surface area contributed by atoms with Gasteiger partial charge in [0.25, 0.3) is 5.91 Å². The van der Waals surface area contributed by atoms with Gasteiger partial charge < -0.3 is 4.90 Å². The maximum absolute atomic E-state index is 12.5. The van der Waals surface area contributed by atoms with E-state index in [4.69, 9.17) is 0 Å². The van der Waals surface area contributed by atoms with Crippen LogP contribution in [0.2, 0.25) is 0 Å². The van der Waals surface area contributed by atoms with Crippen LogP contribution >= 0.6 is 0 Å². The van der Waals surface area contributed by atoms with E-state index in [0.717, 1.165) is 18.5 Å². The molecule has 2 aromatic rings. The highest BCUT2D eigenvalue weighted by Crippen LogP contribution is 2.35. The van der Waals surface area contributed by atoms with Crippen LogP contribution in [0.4, 0.5) is 0 Å². The van der Waals surface area contributed by atoms with Crippen molar-refractivity contribution in [1.29, 1.82) is 0 Å². The highest BCUT2D eigenvalue weighted by molar-refractivity contribution is 5.92. The molecule has 1 heterocycles. The Morgan fingerprint density at radius 1 is 1.25 bits per heavy atom. The fraction of sp³-hybridized carbons (Fsp3) is 0.312. The summed E-state index contributed by atoms with van der Waals surface area (Å²) in [5, 5.41) is 0. The van der Waals surface area contributed by atoms with E-state index >= 15 is 0 Å². The molecule has 0 bridgehead atoms. The maximum Gasteiger partial charge on any atom is 0.274 e. The molecule has 1 aromatic carbocycles. The lowest BCUT2D eigenvalue weighted by atomic mass is 10.1. The Morgan fingerprint density at radius 3 is 2.80 bits per heavy atom. The van der Waals surface area contributed by atoms with Gasteiger partial charge in [0, 0.05) is 13.2 Å². The van der Waals surface area contributed by atoms with Crippen molar-refractivity contribution >= 4 is 5.91 Å². The van der Waals surface area contributed by atoms with E-state index in [1.165, 1.54) is 11.1 Å². The highest BCUT2D eigenvalue weighted by atomic mass is 16.2. The second kappa shape index (κ2) is 5.04. The van der Waals surface area contributed by atoms with Crippen LogP contribution in [0.15, 0.2) is 36.7 Å². The van der Waals surface area contributed by atoms with Crippen molar-refractivity contribution in [1.82, 2.24) is 14.9 Å². The summed E-state index contributed by atoms with van der Waals surface area (Å²) in [5.74, 6) is -0.0702. The Labute approximate surface area is 118 Å². The van der Waals surface area contributed by atoms with E-state index in [-0.39, 0.29) is 11.9 Å². The number of aromatic nitrogens is 2. The van der Waals surface area contributed by atoms with Crippen LogP contribution in [-0.4, -0.2) is 27.8 Å². The van der Waals surface area contributed by atoms with Crippen LogP contribution < -0.4 is 0 Å². The molecule has 1 atom stereocenters. The van der Waals surface area contributed by atoms with Crippen molar-refractivity contribution in [2.24, 2.45) is 0 Å². The van der Waals surface area contributed by atoms with Crippen molar-refractivity contribution < 1.29 is 4.79 Å². The SMILES string of the molecule is Cc1cnc(C(=O)N(C)C2CCc3ccccc32)cn1. The van der Waals surface area contributed by atoms with Gasteiger partial charge in [0.15, 0.2) is 0 Å². The summed E-state index contributed by atoms with van der Waals surface area (Å²) in [6.45, 7) is 1.86. The van der Waals surface area contributed by atoms with Gasteiger partial charge in [-0.2, -0.15) is 0 Å². The maximum atomic E-state index is 12.5. The van der Waals surface area contributed by atoms with Crippen molar-refractivity contribution in [3.05, 3.63) is 59.2 Å². The number of hydrogen-bond donors (Lipinski definition) is 0. The quantitative estimate of drug-likeness (QED) is 0.840. The number of benzene rings is 1. The van der Waals surface area contributed by atoms with Crippen LogP contribution in [0.25, 0.3) is 0 Å². The third-order valence-electron chi connectivity index (χ3n) is 3.89. The number of carbonyl (C=O) groups excluding carboxylic acids is 1. The molecule has 0 spiro atoms. The lowest BCUT2D eigenvalue weighted by molar-refractivity contribution is 0.0724. The van der Waals surface area contributed by atoms with Crippen molar-refractivity contribution in [3.8, 4) is 0 Å². The number of amides is 1. The van der Waals surface area contributed by atoms with Gasteiger partial charge in [-0.05, 0) is 30.9 Å². The minimum Gasteiger partial charge on any atom is -0.333 e. The van der Waals surface area contributed by atoms with Crippen molar-refractivity contribution in [2.45, 2.75) is 25.8 Å². The molecule has 1 aliphatic carbocycles. The summed E-state index contributed by atoms with van der Waals surface area (Å²) < 4.78 is 0. The monoisotopic (exact) mass is 267 g/mol. The molecule has 1 unspecified atom stereocenters. The lowest BCUT2D eigenvalue weighted by Gasteiger charge is -2.25. The number of aryl methyl sites for hydroxylation is 2. The molecule has 102 valence electrons. The van der Waals surface area contributed by atoms with Gasteiger partial charge in [0.1, 0.15) is 5.69 Å². The Bertz CT molecular complexity index is 636. The number of rotatable bonds is 2. The van der Waals surface area contributed by atoms with E-state index in [0.29, 0.717) is 5.69 Å². The summed E-state index contributed by atoms with van der Waals surface area (Å²) in [6, 6.07) is 8.47. The molecule has 1 aromatic heterocycles. The predicted molar refractivity (Wildman–Crippen MR) is 76.4 cm³/mol. The zero-order valence-electron chi connectivity index (χ0n) is 11.7. The summed E-state index contributed by atoms with van der Waals surface area (Å²) >= 11 is 0. The predicted octanol–water partition coefficient (Wildman–Crippen LogP) is 2.54. The van der Waals surface area contributed by atoms with E-state index in [9.17, 15) is 4.79 Å². The first-order chi connectivity index (χ1) is 9.66. The van der Waals surface area contributed by atoms with E-state index < -0.39 is 0 Å². The Morgan fingerprint density at radius 2 is 2.05 bits per heavy atom. The van der Waals surface area contributed by atoms with Gasteiger partial charge in [-0.25, -0.2) is 4.98 Å². The summed E-state index contributed by atoms with van der Waals surface area (Å²) in [5.41, 5.74) is 3.81. The normalized spacial score (nSPS) is 16.8. The fourth-order valence-corrected chi connectivity index (χ4v) is 2.76. The minimum absolute atomic E-state index is 0.0702. The van der Waals surface area contributed by atoms with E-state index in [2.05, 4.69) is 28.2 Å². The number of carbonyl (C=O) groups is 1. The Balaban J connectivity index is 1.85. The topological polar surface area (TPSA) is 46.1 Å². The second-order valence-electron chi connectivity index (χ2n) is 5.21. The third-order valence-corrected chi connectivity index (χ3v) is 3.89. The molecule has 0 radical (unpaired) electrons. The summed E-state index contributed by atoms with van der Waals surface area (Å²) in [7, 11) is 1.84. The molecule has 0 N–H and O–H groups in total. The molecule has 0 fully saturated rings. The molecular formula is C16H17N3O. The molecule has 20 heavy (non-hydrogen) atoms. The Kier molecular flexibility index (Phi) is 3.22. The zero-order chi connectivity index (χ0) is 14.1. The number of nitrogens with zero attached hydrogens (tertiary/aromatic N) is 3. The van der Waals surface area contributed by atoms with Gasteiger partial charge >= 0.3 is 0 Å². The molecule has 1 aliphatic rings. The summed E-state index contributed by atoms with van der Waals surface area (Å²) in [4.78, 5) is 22.6. The number of fused-ring (bicyclic) bond motifs is 1. The van der Waals surface area contributed by atoms with E-state index in [1.54, 1.807) is 17.3 Å². The van der Waals surface area contributed by atoms with Gasteiger partial charge in [0.05, 0.1) is 17.9 Å². The van der Waals surface area contributed by atoms with Gasteiger partial charge in [-0.1, -0.05) is 24.3 Å². The molecule has 1 amide bonds. The highest BCUT2D eigenvalue weighted by Gasteiger charge is 2.29. The number of hydrogen-bond acceptors (Lipinski definition) is 3. The second-order valence-corrected chi connectivity index (χ2v) is 5.21. The van der Waals surface area contributed by atoms with Crippen LogP contribution in [0.3, 0.4) is 0 Å². The molecule has 4 heteroatoms. The van der Waals surface area contributed by atoms with E-state index in [1.807, 2.05) is 20.0 Å². The Hall–Kier alpha value is -2.23. The lowest BCUT2D eigenvalue weighted by Crippen LogP contribution is -2.30. The zero-order valence-corrected chi connectivity index (χ0v) is 11.7. The average Bonchev–Trinajstić information content (AvgIpc) is 2.90. The molecule has 0 saturated carbocycles. The van der Waals surface area contributed by atoms with Crippen molar-refractivity contribution in [2.75, 3.05) is 7.05 Å². The smallest absolute Gasteiger partial charge is 0.274 e. The van der Waals surface area contributed by atoms with Crippen LogP contribution in [0, 0.1) is 6.92 Å². The minimum atomic E-state index is -0.0702. The largest absolute Gasteiger partial charge is 0.333 e. The van der Waals surface area contributed by atoms with Gasteiger partial charge in [0.2, 0.25) is 0 Å². The first kappa shape index (κ1) is 12.8.